The number of aromatic carboxylic acids is 1. The van der Waals surface area contributed by atoms with Gasteiger partial charge in [-0.1, -0.05) is 0 Å². The van der Waals surface area contributed by atoms with Crippen LogP contribution in [0.4, 0.5) is 8.78 Å². The minimum Gasteiger partial charge on any atom is -1.00 e. The van der Waals surface area contributed by atoms with Gasteiger partial charge in [-0.15, -0.1) is 0 Å². The summed E-state index contributed by atoms with van der Waals surface area (Å²) in [5.41, 5.74) is -0.526. The molecule has 4 nitrogen and oxygen atoms in total. The fourth-order valence-corrected chi connectivity index (χ4v) is 1.20. The number of nitrogens with zero attached hydrogens (tertiary/aromatic N) is 2. The summed E-state index contributed by atoms with van der Waals surface area (Å²) >= 11 is 0. The molecule has 15 heavy (non-hydrogen) atoms. The Balaban J connectivity index is 0.00000112. The smallest absolute Gasteiger partial charge is 1.00 e. The van der Waals surface area contributed by atoms with Crippen LogP contribution < -0.4 is 51.4 Å². The fraction of sp³-hybridized carbons (Fsp3) is 0. The minimum atomic E-state index is -1.30. The average molecular weight is 238 g/mol. The number of hydrogen-bond acceptors (Lipinski definition) is 2. The SMILES string of the molecule is O=C(O)c1cnn2cc(F)cc(F)c12.[H-].[K+]. The summed E-state index contributed by atoms with van der Waals surface area (Å²) < 4.78 is 26.7. The third-order valence-corrected chi connectivity index (χ3v) is 1.76. The van der Waals surface area contributed by atoms with E-state index in [9.17, 15) is 13.6 Å². The summed E-state index contributed by atoms with van der Waals surface area (Å²) in [5.74, 6) is -3.06. The van der Waals surface area contributed by atoms with E-state index >= 15 is 0 Å². The van der Waals surface area contributed by atoms with Gasteiger partial charge in [-0.25, -0.2) is 18.1 Å². The minimum absolute atomic E-state index is 0. The predicted octanol–water partition coefficient (Wildman–Crippen LogP) is -1.57. The third-order valence-electron chi connectivity index (χ3n) is 1.76. The van der Waals surface area contributed by atoms with E-state index < -0.39 is 17.6 Å². The molecule has 2 aromatic heterocycles. The maximum absolute atomic E-state index is 13.1. The Bertz CT molecular complexity index is 532. The normalized spacial score (nSPS) is 10.0. The number of halogens is 2. The van der Waals surface area contributed by atoms with E-state index in [2.05, 4.69) is 5.10 Å². The van der Waals surface area contributed by atoms with Crippen molar-refractivity contribution in [3.8, 4) is 0 Å². The molecule has 0 bridgehead atoms. The number of pyridine rings is 1. The topological polar surface area (TPSA) is 54.6 Å². The van der Waals surface area contributed by atoms with E-state index in [1.54, 1.807) is 0 Å². The van der Waals surface area contributed by atoms with Gasteiger partial charge in [0.15, 0.2) is 5.82 Å². The van der Waals surface area contributed by atoms with Gasteiger partial charge in [0.05, 0.1) is 12.4 Å². The first-order valence-corrected chi connectivity index (χ1v) is 3.65. The van der Waals surface area contributed by atoms with Gasteiger partial charge in [0.1, 0.15) is 16.9 Å². The summed E-state index contributed by atoms with van der Waals surface area (Å²) in [6.45, 7) is 0. The first-order valence-electron chi connectivity index (χ1n) is 3.65. The zero-order valence-corrected chi connectivity index (χ0v) is 10.9. The first kappa shape index (κ1) is 12.7. The summed E-state index contributed by atoms with van der Waals surface area (Å²) in [6, 6.07) is 0.615. The standard InChI is InChI=1S/C8H4F2N2O2.K.H/c9-4-1-6(10)7-5(8(13)14)2-11-12(7)3-4;;/h1-3H,(H,13,14);;/q;+1;-1. The zero-order chi connectivity index (χ0) is 10.3. The van der Waals surface area contributed by atoms with Crippen LogP contribution in [0.25, 0.3) is 5.52 Å². The maximum Gasteiger partial charge on any atom is 1.00 e. The molecule has 0 atom stereocenters. The molecule has 0 radical (unpaired) electrons. The second-order valence-corrected chi connectivity index (χ2v) is 2.66. The van der Waals surface area contributed by atoms with Gasteiger partial charge < -0.3 is 6.53 Å². The van der Waals surface area contributed by atoms with Gasteiger partial charge in [-0.05, 0) is 0 Å². The van der Waals surface area contributed by atoms with Crippen LogP contribution in [0.2, 0.25) is 0 Å². The van der Waals surface area contributed by atoms with Crippen LogP contribution in [0.3, 0.4) is 0 Å². The molecule has 0 aromatic carbocycles. The number of fused-ring (bicyclic) bond motifs is 1. The maximum atomic E-state index is 13.1. The molecule has 0 saturated carbocycles. The second-order valence-electron chi connectivity index (χ2n) is 2.66. The monoisotopic (exact) mass is 238 g/mol. The van der Waals surface area contributed by atoms with Crippen LogP contribution >= 0.6 is 0 Å². The Labute approximate surface area is 127 Å². The molecule has 74 valence electrons. The van der Waals surface area contributed by atoms with Crippen molar-refractivity contribution in [1.29, 1.82) is 0 Å². The number of aromatic nitrogens is 2. The van der Waals surface area contributed by atoms with Gasteiger partial charge >= 0.3 is 57.4 Å². The predicted molar refractivity (Wildman–Crippen MR) is 43.2 cm³/mol. The number of rotatable bonds is 1. The molecule has 2 rings (SSSR count). The molecule has 0 unspecified atom stereocenters. The van der Waals surface area contributed by atoms with Crippen molar-refractivity contribution in [2.75, 3.05) is 0 Å². The van der Waals surface area contributed by atoms with Gasteiger partial charge in [-0.2, -0.15) is 5.10 Å². The van der Waals surface area contributed by atoms with Crippen molar-refractivity contribution in [2.45, 2.75) is 0 Å². The van der Waals surface area contributed by atoms with E-state index in [1.165, 1.54) is 0 Å². The van der Waals surface area contributed by atoms with E-state index in [0.29, 0.717) is 6.07 Å². The van der Waals surface area contributed by atoms with Crippen molar-refractivity contribution in [1.82, 2.24) is 9.61 Å². The van der Waals surface area contributed by atoms with Crippen LogP contribution in [0.15, 0.2) is 18.5 Å². The molecule has 0 amide bonds. The van der Waals surface area contributed by atoms with Gasteiger partial charge in [0.2, 0.25) is 0 Å². The number of carbonyl (C=O) groups is 1. The molecular formula is C8H5F2KN2O2. The molecular weight excluding hydrogens is 233 g/mol. The molecule has 0 fully saturated rings. The Morgan fingerprint density at radius 1 is 1.53 bits per heavy atom. The molecule has 0 aliphatic rings. The Morgan fingerprint density at radius 3 is 2.80 bits per heavy atom. The summed E-state index contributed by atoms with van der Waals surface area (Å²) in [4.78, 5) is 10.6. The van der Waals surface area contributed by atoms with Crippen molar-refractivity contribution < 1.29 is 71.5 Å². The molecule has 0 aliphatic carbocycles. The summed E-state index contributed by atoms with van der Waals surface area (Å²) in [6.07, 6.45) is 1.88. The molecule has 7 heteroatoms. The molecule has 2 aromatic rings. The summed E-state index contributed by atoms with van der Waals surface area (Å²) in [5, 5.41) is 12.2. The molecule has 0 spiro atoms. The molecule has 2 heterocycles. The van der Waals surface area contributed by atoms with Crippen LogP contribution in [-0.2, 0) is 0 Å². The van der Waals surface area contributed by atoms with Crippen molar-refractivity contribution in [3.63, 3.8) is 0 Å². The Kier molecular flexibility index (Phi) is 3.96. The van der Waals surface area contributed by atoms with Crippen molar-refractivity contribution in [2.24, 2.45) is 0 Å². The fourth-order valence-electron chi connectivity index (χ4n) is 1.20. The van der Waals surface area contributed by atoms with Crippen LogP contribution in [0.1, 0.15) is 11.8 Å². The third kappa shape index (κ3) is 2.26. The number of carboxylic acids is 1. The Hall–Kier alpha value is -0.344. The number of hydrogen-bond donors (Lipinski definition) is 1. The quantitative estimate of drug-likeness (QED) is 0.611. The largest absolute Gasteiger partial charge is 1.00 e. The van der Waals surface area contributed by atoms with Crippen molar-refractivity contribution >= 4 is 11.5 Å². The Morgan fingerprint density at radius 2 is 2.20 bits per heavy atom. The van der Waals surface area contributed by atoms with E-state index in [0.717, 1.165) is 16.9 Å². The van der Waals surface area contributed by atoms with Crippen LogP contribution in [-0.4, -0.2) is 20.7 Å². The van der Waals surface area contributed by atoms with Gasteiger partial charge in [-0.3, -0.25) is 0 Å². The molecule has 0 saturated heterocycles. The van der Waals surface area contributed by atoms with Crippen molar-refractivity contribution in [3.05, 3.63) is 35.7 Å². The van der Waals surface area contributed by atoms with Gasteiger partial charge in [0, 0.05) is 6.07 Å². The molecule has 0 aliphatic heterocycles. The van der Waals surface area contributed by atoms with E-state index in [4.69, 9.17) is 5.11 Å². The van der Waals surface area contributed by atoms with E-state index in [1.807, 2.05) is 0 Å². The van der Waals surface area contributed by atoms with Gasteiger partial charge in [0.25, 0.3) is 0 Å². The first-order chi connectivity index (χ1) is 6.59. The number of carboxylic acid groups (broad SMARTS) is 1. The van der Waals surface area contributed by atoms with E-state index in [-0.39, 0.29) is 63.9 Å². The zero-order valence-electron chi connectivity index (χ0n) is 8.74. The second kappa shape index (κ2) is 4.66. The molecule has 1 N–H and O–H groups in total. The van der Waals surface area contributed by atoms with Crippen LogP contribution in [0.5, 0.6) is 0 Å². The summed E-state index contributed by atoms with van der Waals surface area (Å²) in [7, 11) is 0. The van der Waals surface area contributed by atoms with Crippen LogP contribution in [0, 0.1) is 11.6 Å². The average Bonchev–Trinajstić information content (AvgIpc) is 2.47.